The van der Waals surface area contributed by atoms with Gasteiger partial charge < -0.3 is 15.5 Å². The zero-order valence-electron chi connectivity index (χ0n) is 15.6. The highest BCUT2D eigenvalue weighted by molar-refractivity contribution is 5.79. The van der Waals surface area contributed by atoms with E-state index in [1.54, 1.807) is 0 Å². The van der Waals surface area contributed by atoms with Gasteiger partial charge in [0.25, 0.3) is 0 Å². The zero-order chi connectivity index (χ0) is 17.3. The second-order valence-corrected chi connectivity index (χ2v) is 7.36. The first-order valence-electron chi connectivity index (χ1n) is 9.99. The number of aromatic nitrogens is 1. The first kappa shape index (κ1) is 18.0. The fraction of sp³-hybridized carbons (Fsp3) is 0.700. The summed E-state index contributed by atoms with van der Waals surface area (Å²) in [6, 6.07) is 4.28. The second kappa shape index (κ2) is 9.64. The quantitative estimate of drug-likeness (QED) is 0.453. The Morgan fingerprint density at radius 3 is 2.76 bits per heavy atom. The molecule has 1 saturated carbocycles. The molecule has 2 heterocycles. The predicted octanol–water partition coefficient (Wildman–Crippen LogP) is 3.32. The molecule has 0 spiro atoms. The Balaban J connectivity index is 1.39. The van der Waals surface area contributed by atoms with Gasteiger partial charge in [-0.3, -0.25) is 4.99 Å². The van der Waals surface area contributed by atoms with Gasteiger partial charge in [0.15, 0.2) is 5.96 Å². The number of rotatable bonds is 7. The maximum atomic E-state index is 4.52. The molecule has 0 aromatic carbocycles. The molecule has 2 fully saturated rings. The molecule has 0 bridgehead atoms. The van der Waals surface area contributed by atoms with Crippen LogP contribution in [0, 0.1) is 5.92 Å². The number of pyridine rings is 1. The summed E-state index contributed by atoms with van der Waals surface area (Å²) in [6.07, 6.45) is 12.8. The Labute approximate surface area is 152 Å². The van der Waals surface area contributed by atoms with Crippen LogP contribution in [0.2, 0.25) is 0 Å². The zero-order valence-corrected chi connectivity index (χ0v) is 15.6. The fourth-order valence-electron chi connectivity index (χ4n) is 3.99. The van der Waals surface area contributed by atoms with E-state index in [1.807, 2.05) is 13.2 Å². The number of hydrogen-bond acceptors (Lipinski definition) is 3. The van der Waals surface area contributed by atoms with Crippen molar-refractivity contribution in [1.29, 1.82) is 0 Å². The molecule has 0 atom stereocenters. The molecule has 1 aromatic heterocycles. The lowest BCUT2D eigenvalue weighted by Crippen LogP contribution is -2.37. The van der Waals surface area contributed by atoms with Crippen LogP contribution in [-0.2, 0) is 6.54 Å². The van der Waals surface area contributed by atoms with Crippen molar-refractivity contribution in [2.75, 3.05) is 31.6 Å². The standard InChI is InChI=1S/C20H33N5/c1-21-20(23-11-6-9-17-7-2-3-8-17)24-16-18-10-12-22-19(15-18)25-13-4-5-14-25/h10,12,15,17H,2-9,11,13-14,16H2,1H3,(H2,21,23,24). The molecule has 1 aliphatic heterocycles. The molecule has 5 nitrogen and oxygen atoms in total. The van der Waals surface area contributed by atoms with Crippen LogP contribution in [0.5, 0.6) is 0 Å². The topological polar surface area (TPSA) is 52.6 Å². The van der Waals surface area contributed by atoms with E-state index in [1.165, 1.54) is 56.9 Å². The third-order valence-electron chi connectivity index (χ3n) is 5.48. The van der Waals surface area contributed by atoms with E-state index in [0.29, 0.717) is 0 Å². The summed E-state index contributed by atoms with van der Waals surface area (Å²) in [6.45, 7) is 4.05. The van der Waals surface area contributed by atoms with E-state index in [-0.39, 0.29) is 0 Å². The van der Waals surface area contributed by atoms with Crippen molar-refractivity contribution in [2.45, 2.75) is 57.9 Å². The Bertz CT molecular complexity index is 545. The molecule has 1 saturated heterocycles. The number of nitrogens with one attached hydrogen (secondary N) is 2. The highest BCUT2D eigenvalue weighted by atomic mass is 15.2. The largest absolute Gasteiger partial charge is 0.357 e. The van der Waals surface area contributed by atoms with Crippen molar-refractivity contribution < 1.29 is 0 Å². The molecule has 138 valence electrons. The van der Waals surface area contributed by atoms with Crippen molar-refractivity contribution in [3.8, 4) is 0 Å². The number of nitrogens with zero attached hydrogens (tertiary/aromatic N) is 3. The monoisotopic (exact) mass is 343 g/mol. The maximum absolute atomic E-state index is 4.52. The summed E-state index contributed by atoms with van der Waals surface area (Å²) in [5.41, 5.74) is 1.26. The van der Waals surface area contributed by atoms with Gasteiger partial charge >= 0.3 is 0 Å². The normalized spacial score (nSPS) is 18.8. The van der Waals surface area contributed by atoms with E-state index in [2.05, 4.69) is 37.6 Å². The van der Waals surface area contributed by atoms with Crippen molar-refractivity contribution in [3.05, 3.63) is 23.9 Å². The summed E-state index contributed by atoms with van der Waals surface area (Å²) in [5, 5.41) is 6.87. The average Bonchev–Trinajstić information content (AvgIpc) is 3.35. The molecule has 25 heavy (non-hydrogen) atoms. The van der Waals surface area contributed by atoms with Crippen LogP contribution in [0.1, 0.15) is 56.9 Å². The van der Waals surface area contributed by atoms with E-state index in [9.17, 15) is 0 Å². The first-order chi connectivity index (χ1) is 12.3. The second-order valence-electron chi connectivity index (χ2n) is 7.36. The molecule has 2 N–H and O–H groups in total. The van der Waals surface area contributed by atoms with Gasteiger partial charge in [-0.2, -0.15) is 0 Å². The number of aliphatic imine (C=N–C) groups is 1. The molecule has 5 heteroatoms. The Morgan fingerprint density at radius 2 is 2.00 bits per heavy atom. The van der Waals surface area contributed by atoms with Gasteiger partial charge in [-0.05, 0) is 49.3 Å². The SMILES string of the molecule is CN=C(NCCCC1CCCC1)NCc1ccnc(N2CCCC2)c1. The van der Waals surface area contributed by atoms with Crippen LogP contribution in [0.4, 0.5) is 5.82 Å². The highest BCUT2D eigenvalue weighted by Gasteiger charge is 2.14. The summed E-state index contributed by atoms with van der Waals surface area (Å²) in [7, 11) is 1.84. The van der Waals surface area contributed by atoms with Gasteiger partial charge in [-0.15, -0.1) is 0 Å². The van der Waals surface area contributed by atoms with Crippen LogP contribution >= 0.6 is 0 Å². The van der Waals surface area contributed by atoms with Gasteiger partial charge in [-0.25, -0.2) is 4.98 Å². The molecular formula is C20H33N5. The van der Waals surface area contributed by atoms with Gasteiger partial charge in [0.2, 0.25) is 0 Å². The molecule has 1 aromatic rings. The maximum Gasteiger partial charge on any atom is 0.191 e. The summed E-state index contributed by atoms with van der Waals surface area (Å²) >= 11 is 0. The van der Waals surface area contributed by atoms with E-state index < -0.39 is 0 Å². The van der Waals surface area contributed by atoms with Gasteiger partial charge in [0.1, 0.15) is 5.82 Å². The van der Waals surface area contributed by atoms with Crippen LogP contribution in [0.15, 0.2) is 23.3 Å². The number of anilines is 1. The van der Waals surface area contributed by atoms with Crippen molar-refractivity contribution in [3.63, 3.8) is 0 Å². The minimum absolute atomic E-state index is 0.783. The lowest BCUT2D eigenvalue weighted by Gasteiger charge is -2.17. The predicted molar refractivity (Wildman–Crippen MR) is 105 cm³/mol. The fourth-order valence-corrected chi connectivity index (χ4v) is 3.99. The third kappa shape index (κ3) is 5.62. The molecular weight excluding hydrogens is 310 g/mol. The van der Waals surface area contributed by atoms with Gasteiger partial charge in [0, 0.05) is 39.4 Å². The summed E-state index contributed by atoms with van der Waals surface area (Å²) < 4.78 is 0. The first-order valence-corrected chi connectivity index (χ1v) is 9.99. The lowest BCUT2D eigenvalue weighted by atomic mass is 10.0. The highest BCUT2D eigenvalue weighted by Crippen LogP contribution is 2.28. The van der Waals surface area contributed by atoms with E-state index in [4.69, 9.17) is 0 Å². The van der Waals surface area contributed by atoms with Crippen LogP contribution in [0.3, 0.4) is 0 Å². The Kier molecular flexibility index (Phi) is 6.95. The van der Waals surface area contributed by atoms with Gasteiger partial charge in [-0.1, -0.05) is 25.7 Å². The smallest absolute Gasteiger partial charge is 0.191 e. The van der Waals surface area contributed by atoms with Crippen LogP contribution in [0.25, 0.3) is 0 Å². The number of guanidine groups is 1. The van der Waals surface area contributed by atoms with E-state index in [0.717, 1.165) is 43.9 Å². The van der Waals surface area contributed by atoms with E-state index >= 15 is 0 Å². The van der Waals surface area contributed by atoms with Crippen molar-refractivity contribution >= 4 is 11.8 Å². The average molecular weight is 344 g/mol. The van der Waals surface area contributed by atoms with Crippen LogP contribution in [-0.4, -0.2) is 37.6 Å². The third-order valence-corrected chi connectivity index (χ3v) is 5.48. The number of hydrogen-bond donors (Lipinski definition) is 2. The minimum Gasteiger partial charge on any atom is -0.357 e. The van der Waals surface area contributed by atoms with Crippen molar-refractivity contribution in [2.24, 2.45) is 10.9 Å². The molecule has 1 aliphatic carbocycles. The van der Waals surface area contributed by atoms with Gasteiger partial charge in [0.05, 0.1) is 0 Å². The molecule has 0 radical (unpaired) electrons. The summed E-state index contributed by atoms with van der Waals surface area (Å²) in [5.74, 6) is 2.97. The Morgan fingerprint density at radius 1 is 1.20 bits per heavy atom. The molecule has 2 aliphatic rings. The minimum atomic E-state index is 0.783. The lowest BCUT2D eigenvalue weighted by molar-refractivity contribution is 0.481. The van der Waals surface area contributed by atoms with Crippen LogP contribution < -0.4 is 15.5 Å². The van der Waals surface area contributed by atoms with Crippen molar-refractivity contribution in [1.82, 2.24) is 15.6 Å². The summed E-state index contributed by atoms with van der Waals surface area (Å²) in [4.78, 5) is 11.2. The Hall–Kier alpha value is -1.78. The molecule has 0 unspecified atom stereocenters. The molecule has 0 amide bonds. The molecule has 3 rings (SSSR count).